The van der Waals surface area contributed by atoms with Crippen molar-refractivity contribution in [2.45, 2.75) is 103 Å². The molecule has 12 rings (SSSR count). The standard InChI is InChI=1S/2C25H27N3O5S.C23H24N4O5S.C23H24N2O5S.CH4/c2*1-18(26)27-21-10-6-8-19(14-21)17-33-22-11-7-9-20(15-22)24(16-25(29)32-2)28-34(30,31)23-12-4-3-5-13-23;24-23(25)26-18-8-4-6-16(12-18)15-32-19-9-5-7-17(13-19)21(14-22(28)29)27-33(30,31)20-10-2-1-3-11-20;1-29-23(26)15-22(25-31(27,28)21-11-3-2-4-12-21)18-8-6-10-20(14-18)30-16-17-7-5-9-19(24)13-17;/h2*3-15,24,27-28H,1,16-17,26H2,2H3;1-13,21,27H,14-15H2,(H,28,29)(H4,24,25,26);2-14,22,25H,15-16,24H2,1H3;1H4. The Morgan fingerprint density at radius 1 is 0.338 bits per heavy atom. The summed E-state index contributed by atoms with van der Waals surface area (Å²) < 4.78 is 151. The van der Waals surface area contributed by atoms with Crippen LogP contribution in [0.4, 0.5) is 22.7 Å². The van der Waals surface area contributed by atoms with Crippen LogP contribution >= 0.6 is 0 Å². The third-order valence-electron chi connectivity index (χ3n) is 18.8. The van der Waals surface area contributed by atoms with Gasteiger partial charge in [-0.3, -0.25) is 19.2 Å². The Bertz CT molecular complexity index is 6220. The highest BCUT2D eigenvalue weighted by atomic mass is 32.2. The molecular weight excluding hydrogens is 1780 g/mol. The maximum absolute atomic E-state index is 12.9. The molecule has 12 aromatic rings. The van der Waals surface area contributed by atoms with Gasteiger partial charge in [0.1, 0.15) is 49.4 Å². The quantitative estimate of drug-likeness (QED) is 0.00557. The smallest absolute Gasteiger partial charge is 0.307 e. The molecule has 36 heteroatoms. The Morgan fingerprint density at radius 2 is 0.602 bits per heavy atom. The minimum absolute atomic E-state index is 0. The van der Waals surface area contributed by atoms with Crippen molar-refractivity contribution in [1.29, 1.82) is 0 Å². The summed E-state index contributed by atoms with van der Waals surface area (Å²) in [7, 11) is -11.7. The van der Waals surface area contributed by atoms with E-state index >= 15 is 0 Å². The molecule has 32 nitrogen and oxygen atoms in total. The molecule has 0 saturated carbocycles. The van der Waals surface area contributed by atoms with E-state index in [2.05, 4.69) is 47.7 Å². The molecule has 0 aliphatic heterocycles. The second kappa shape index (κ2) is 50.9. The number of hydrogen-bond acceptors (Lipinski definition) is 25. The van der Waals surface area contributed by atoms with Gasteiger partial charge in [0, 0.05) is 17.1 Å². The van der Waals surface area contributed by atoms with Gasteiger partial charge in [-0.1, -0.05) is 190 Å². The van der Waals surface area contributed by atoms with Crippen molar-refractivity contribution in [3.8, 4) is 23.0 Å². The Morgan fingerprint density at radius 3 is 0.872 bits per heavy atom. The molecule has 4 atom stereocenters. The van der Waals surface area contributed by atoms with Crippen LogP contribution in [0.5, 0.6) is 23.0 Å². The van der Waals surface area contributed by atoms with E-state index in [1.807, 2.05) is 72.8 Å². The predicted molar refractivity (Wildman–Crippen MR) is 510 cm³/mol. The number of nitrogens with one attached hydrogen (secondary N) is 6. The number of aliphatic imine (C=N–C) groups is 1. The molecule has 0 heterocycles. The van der Waals surface area contributed by atoms with Crippen molar-refractivity contribution in [3.05, 3.63) is 385 Å². The average molecular weight is 1890 g/mol. The van der Waals surface area contributed by atoms with Gasteiger partial charge in [0.25, 0.3) is 0 Å². The van der Waals surface area contributed by atoms with Crippen molar-refractivity contribution in [2.75, 3.05) is 37.7 Å². The summed E-state index contributed by atoms with van der Waals surface area (Å²) in [4.78, 5) is 51.7. The molecule has 4 unspecified atom stereocenters. The van der Waals surface area contributed by atoms with Crippen LogP contribution in [0.1, 0.15) is 102 Å². The van der Waals surface area contributed by atoms with Crippen LogP contribution in [0, 0.1) is 0 Å². The second-order valence-corrected chi connectivity index (χ2v) is 35.8. The highest BCUT2D eigenvalue weighted by Crippen LogP contribution is 2.32. The van der Waals surface area contributed by atoms with Gasteiger partial charge in [-0.15, -0.1) is 0 Å². The number of ether oxygens (including phenoxy) is 7. The SMILES string of the molecule is C.C=C(N)Nc1cccc(COc2cccc(C(CC(=O)OC)NS(=O)(=O)c3ccccc3)c2)c1.C=C(N)Nc1cccc(COc2cccc(C(CC(=O)OC)NS(=O)(=O)c3ccccc3)c2)c1.COC(=O)CC(NS(=O)(=O)c1ccccc1)c1cccc(OCc2cccc(N)c2)c1.NC(N)=Nc1cccc(COc2cccc(C(CC(=O)O)NS(=O)(=O)c3ccccc3)c2)c1. The maximum atomic E-state index is 12.9. The summed E-state index contributed by atoms with van der Waals surface area (Å²) in [5.74, 6) is -0.117. The van der Waals surface area contributed by atoms with Crippen molar-refractivity contribution in [1.82, 2.24) is 18.9 Å². The fourth-order valence-electron chi connectivity index (χ4n) is 12.6. The number of esters is 3. The molecule has 12 aromatic carbocycles. The molecule has 0 radical (unpaired) electrons. The highest BCUT2D eigenvalue weighted by molar-refractivity contribution is 7.90. The van der Waals surface area contributed by atoms with Crippen LogP contribution in [0.15, 0.2) is 365 Å². The number of carboxylic acids is 1. The molecule has 17 N–H and O–H groups in total. The molecule has 0 aliphatic rings. The molecule has 0 aliphatic carbocycles. The van der Waals surface area contributed by atoms with E-state index in [-0.39, 0.29) is 72.1 Å². The first-order valence-electron chi connectivity index (χ1n) is 40.4. The fourth-order valence-corrected chi connectivity index (χ4v) is 17.6. The number of carbonyl (C=O) groups is 4. The number of nitrogens with two attached hydrogens (primary N) is 5. The number of anilines is 3. The van der Waals surface area contributed by atoms with E-state index in [9.17, 15) is 58.0 Å². The van der Waals surface area contributed by atoms with Crippen LogP contribution in [-0.4, -0.2) is 89.9 Å². The van der Waals surface area contributed by atoms with Gasteiger partial charge in [0.05, 0.1) is 108 Å². The van der Waals surface area contributed by atoms with E-state index in [0.717, 1.165) is 33.6 Å². The molecule has 698 valence electrons. The molecule has 0 bridgehead atoms. The van der Waals surface area contributed by atoms with E-state index < -0.39 is 94.6 Å². The average Bonchev–Trinajstić information content (AvgIpc) is 0.830. The summed E-state index contributed by atoms with van der Waals surface area (Å²) in [6, 6.07) is 85.1. The lowest BCUT2D eigenvalue weighted by molar-refractivity contribution is -0.142. The number of nitrogens with zero attached hydrogens (tertiary/aromatic N) is 1. The summed E-state index contributed by atoms with van der Waals surface area (Å²) in [5, 5.41) is 15.2. The van der Waals surface area contributed by atoms with Crippen LogP contribution in [0.25, 0.3) is 0 Å². The zero-order valence-corrected chi connectivity index (χ0v) is 75.3. The number of benzene rings is 12. The molecular formula is C97H106N12O20S4. The lowest BCUT2D eigenvalue weighted by Crippen LogP contribution is -2.30. The summed E-state index contributed by atoms with van der Waals surface area (Å²) in [6.45, 7) is 8.29. The molecule has 0 saturated heterocycles. The molecule has 0 amide bonds. The van der Waals surface area contributed by atoms with Crippen molar-refractivity contribution in [3.63, 3.8) is 0 Å². The topological polar surface area (TPSA) is 504 Å². The maximum Gasteiger partial charge on any atom is 0.307 e. The van der Waals surface area contributed by atoms with Gasteiger partial charge in [-0.25, -0.2) is 57.6 Å². The number of methoxy groups -OCH3 is 3. The number of aliphatic carboxylic acids is 1. The van der Waals surface area contributed by atoms with Gasteiger partial charge in [-0.2, -0.15) is 0 Å². The summed E-state index contributed by atoms with van der Waals surface area (Å²) >= 11 is 0. The van der Waals surface area contributed by atoms with Crippen LogP contribution in [0.3, 0.4) is 0 Å². The number of nitrogen functional groups attached to an aromatic ring is 1. The van der Waals surface area contributed by atoms with Crippen LogP contribution in [0.2, 0.25) is 0 Å². The van der Waals surface area contributed by atoms with E-state index in [1.54, 1.807) is 194 Å². The number of hydrogen-bond donors (Lipinski definition) is 12. The van der Waals surface area contributed by atoms with E-state index in [4.69, 9.17) is 61.8 Å². The first-order chi connectivity index (χ1) is 63.1. The Labute approximate surface area is 774 Å². The van der Waals surface area contributed by atoms with Gasteiger partial charge >= 0.3 is 23.9 Å². The van der Waals surface area contributed by atoms with Crippen molar-refractivity contribution < 1.29 is 91.1 Å². The monoisotopic (exact) mass is 1890 g/mol. The summed E-state index contributed by atoms with van der Waals surface area (Å²) in [5.41, 5.74) is 36.3. The zero-order chi connectivity index (χ0) is 95.2. The van der Waals surface area contributed by atoms with E-state index in [0.29, 0.717) is 74.9 Å². The number of guanidine groups is 1. The molecule has 133 heavy (non-hydrogen) atoms. The lowest BCUT2D eigenvalue weighted by Gasteiger charge is -2.19. The first kappa shape index (κ1) is 103. The van der Waals surface area contributed by atoms with Crippen molar-refractivity contribution in [2.24, 2.45) is 27.9 Å². The van der Waals surface area contributed by atoms with E-state index in [1.165, 1.54) is 69.9 Å². The Hall–Kier alpha value is -14.9. The Kier molecular flexibility index (Phi) is 39.6. The number of sulfonamides is 4. The van der Waals surface area contributed by atoms with Gasteiger partial charge in [0.2, 0.25) is 40.1 Å². The minimum Gasteiger partial charge on any atom is -0.489 e. The molecule has 0 aromatic heterocycles. The largest absolute Gasteiger partial charge is 0.489 e. The Balaban J connectivity index is 0.000000218. The van der Waals surface area contributed by atoms with Crippen molar-refractivity contribution >= 4 is 92.7 Å². The highest BCUT2D eigenvalue weighted by Gasteiger charge is 2.30. The van der Waals surface area contributed by atoms with Gasteiger partial charge in [0.15, 0.2) is 5.96 Å². The first-order valence-corrected chi connectivity index (χ1v) is 46.3. The molecule has 0 fully saturated rings. The van der Waals surface area contributed by atoms with Crippen LogP contribution < -0.4 is 77.1 Å². The lowest BCUT2D eigenvalue weighted by atomic mass is 10.0. The third-order valence-corrected chi connectivity index (χ3v) is 24.8. The number of carbonyl (C=O) groups excluding carboxylic acids is 3. The summed E-state index contributed by atoms with van der Waals surface area (Å²) in [6.07, 6.45) is -0.956. The second-order valence-electron chi connectivity index (χ2n) is 29.0. The number of rotatable bonds is 41. The normalized spacial score (nSPS) is 11.9. The minimum atomic E-state index is -3.92. The fraction of sp³-hybridized carbons (Fsp3) is 0.165. The zero-order valence-electron chi connectivity index (χ0n) is 72.1. The van der Waals surface area contributed by atoms with Gasteiger partial charge in [-0.05, 0) is 190 Å². The van der Waals surface area contributed by atoms with Gasteiger partial charge < -0.3 is 77.6 Å². The third kappa shape index (κ3) is 34.8. The predicted octanol–water partition coefficient (Wildman–Crippen LogP) is 14.1. The number of carboxylic acid groups (broad SMARTS) is 1. The van der Waals surface area contributed by atoms with Crippen LogP contribution in [-0.2, 0) is 99.9 Å². The molecule has 0 spiro atoms.